The van der Waals surface area contributed by atoms with E-state index in [1.807, 2.05) is 14.0 Å². The van der Waals surface area contributed by atoms with Crippen molar-refractivity contribution in [2.24, 2.45) is 7.05 Å². The SMILES string of the molecule is CNc1ncnc(NCc2cnn(C)c2C)c1[N+](=O)[O-]. The molecule has 106 valence electrons. The second-order valence-electron chi connectivity index (χ2n) is 4.16. The molecule has 0 atom stereocenters. The van der Waals surface area contributed by atoms with Gasteiger partial charge in [0, 0.05) is 31.9 Å². The smallest absolute Gasteiger partial charge is 0.353 e. The lowest BCUT2D eigenvalue weighted by Crippen LogP contribution is -2.08. The van der Waals surface area contributed by atoms with Crippen LogP contribution in [-0.4, -0.2) is 31.7 Å². The molecule has 0 aliphatic heterocycles. The predicted molar refractivity (Wildman–Crippen MR) is 73.5 cm³/mol. The zero-order valence-electron chi connectivity index (χ0n) is 11.4. The van der Waals surface area contributed by atoms with Crippen LogP contribution in [0.1, 0.15) is 11.3 Å². The summed E-state index contributed by atoms with van der Waals surface area (Å²) in [6, 6.07) is 0. The Morgan fingerprint density at radius 2 is 2.10 bits per heavy atom. The highest BCUT2D eigenvalue weighted by molar-refractivity contribution is 5.69. The number of aryl methyl sites for hydroxylation is 1. The molecule has 2 aromatic rings. The van der Waals surface area contributed by atoms with Gasteiger partial charge in [-0.2, -0.15) is 5.10 Å². The van der Waals surface area contributed by atoms with Gasteiger partial charge in [0.15, 0.2) is 0 Å². The Morgan fingerprint density at radius 1 is 1.40 bits per heavy atom. The standard InChI is InChI=1S/C11H15N7O2/c1-7-8(5-16-17(7)3)4-13-11-9(18(19)20)10(12-2)14-6-15-11/h5-6H,4H2,1-3H3,(H2,12,13,14,15). The fourth-order valence-electron chi connectivity index (χ4n) is 1.76. The molecule has 0 saturated heterocycles. The molecule has 0 bridgehead atoms. The molecule has 0 spiro atoms. The molecule has 0 aliphatic rings. The maximum absolute atomic E-state index is 11.1. The van der Waals surface area contributed by atoms with Crippen molar-refractivity contribution in [3.8, 4) is 0 Å². The first kappa shape index (κ1) is 13.7. The van der Waals surface area contributed by atoms with Gasteiger partial charge < -0.3 is 10.6 Å². The van der Waals surface area contributed by atoms with Crippen LogP contribution in [0.2, 0.25) is 0 Å². The van der Waals surface area contributed by atoms with Crippen molar-refractivity contribution >= 4 is 17.3 Å². The van der Waals surface area contributed by atoms with Crippen molar-refractivity contribution in [2.45, 2.75) is 13.5 Å². The second kappa shape index (κ2) is 5.51. The lowest BCUT2D eigenvalue weighted by molar-refractivity contribution is -0.383. The molecule has 20 heavy (non-hydrogen) atoms. The topological polar surface area (TPSA) is 111 Å². The van der Waals surface area contributed by atoms with Gasteiger partial charge in [-0.1, -0.05) is 0 Å². The Morgan fingerprint density at radius 3 is 2.65 bits per heavy atom. The van der Waals surface area contributed by atoms with Crippen molar-refractivity contribution in [3.05, 3.63) is 33.9 Å². The molecule has 2 heterocycles. The van der Waals surface area contributed by atoms with Crippen LogP contribution in [0.25, 0.3) is 0 Å². The maximum atomic E-state index is 11.1. The summed E-state index contributed by atoms with van der Waals surface area (Å²) in [6.45, 7) is 2.33. The minimum absolute atomic E-state index is 0.170. The Bertz CT molecular complexity index is 638. The van der Waals surface area contributed by atoms with Crippen LogP contribution >= 0.6 is 0 Å². The van der Waals surface area contributed by atoms with Gasteiger partial charge in [-0.3, -0.25) is 14.8 Å². The number of hydrogen-bond donors (Lipinski definition) is 2. The Balaban J connectivity index is 2.25. The molecule has 2 rings (SSSR count). The number of nitrogens with zero attached hydrogens (tertiary/aromatic N) is 5. The van der Waals surface area contributed by atoms with Crippen molar-refractivity contribution in [2.75, 3.05) is 17.7 Å². The molecular formula is C11H15N7O2. The van der Waals surface area contributed by atoms with Crippen molar-refractivity contribution < 1.29 is 4.92 Å². The van der Waals surface area contributed by atoms with Gasteiger partial charge in [0.05, 0.1) is 11.1 Å². The van der Waals surface area contributed by atoms with Gasteiger partial charge in [0.2, 0.25) is 11.6 Å². The minimum atomic E-state index is -0.510. The molecule has 0 saturated carbocycles. The Hall–Kier alpha value is -2.71. The fraction of sp³-hybridized carbons (Fsp3) is 0.364. The molecule has 0 radical (unpaired) electrons. The Kier molecular flexibility index (Phi) is 3.78. The van der Waals surface area contributed by atoms with E-state index in [1.54, 1.807) is 17.9 Å². The number of rotatable bonds is 5. The zero-order valence-corrected chi connectivity index (χ0v) is 11.4. The van der Waals surface area contributed by atoms with Crippen molar-refractivity contribution in [3.63, 3.8) is 0 Å². The summed E-state index contributed by atoms with van der Waals surface area (Å²) in [4.78, 5) is 18.4. The van der Waals surface area contributed by atoms with Gasteiger partial charge in [-0.25, -0.2) is 9.97 Å². The number of nitrogens with one attached hydrogen (secondary N) is 2. The number of anilines is 2. The average Bonchev–Trinajstić information content (AvgIpc) is 2.75. The fourth-order valence-corrected chi connectivity index (χ4v) is 1.76. The van der Waals surface area contributed by atoms with Crippen LogP contribution in [-0.2, 0) is 13.6 Å². The molecule has 0 fully saturated rings. The van der Waals surface area contributed by atoms with Crippen LogP contribution in [0.3, 0.4) is 0 Å². The van der Waals surface area contributed by atoms with Gasteiger partial charge in [-0.05, 0) is 6.92 Å². The third kappa shape index (κ3) is 2.51. The van der Waals surface area contributed by atoms with Crippen molar-refractivity contribution in [1.29, 1.82) is 0 Å². The van der Waals surface area contributed by atoms with Crippen LogP contribution < -0.4 is 10.6 Å². The molecule has 2 N–H and O–H groups in total. The van der Waals surface area contributed by atoms with Gasteiger partial charge >= 0.3 is 5.69 Å². The molecule has 0 amide bonds. The van der Waals surface area contributed by atoms with Crippen LogP contribution in [0.4, 0.5) is 17.3 Å². The molecule has 9 nitrogen and oxygen atoms in total. The first-order valence-electron chi connectivity index (χ1n) is 5.93. The van der Waals surface area contributed by atoms with E-state index in [4.69, 9.17) is 0 Å². The molecule has 0 aliphatic carbocycles. The normalized spacial score (nSPS) is 10.3. The second-order valence-corrected chi connectivity index (χ2v) is 4.16. The first-order chi connectivity index (χ1) is 9.54. The lowest BCUT2D eigenvalue weighted by atomic mass is 10.2. The maximum Gasteiger partial charge on any atom is 0.353 e. The van der Waals surface area contributed by atoms with E-state index >= 15 is 0 Å². The lowest BCUT2D eigenvalue weighted by Gasteiger charge is -2.08. The molecule has 9 heteroatoms. The predicted octanol–water partition coefficient (Wildman–Crippen LogP) is 1.08. The van der Waals surface area contributed by atoms with Gasteiger partial charge in [-0.15, -0.1) is 0 Å². The highest BCUT2D eigenvalue weighted by Gasteiger charge is 2.22. The zero-order chi connectivity index (χ0) is 14.7. The quantitative estimate of drug-likeness (QED) is 0.621. The summed E-state index contributed by atoms with van der Waals surface area (Å²) in [5.74, 6) is 0.355. The van der Waals surface area contributed by atoms with E-state index in [0.29, 0.717) is 6.54 Å². The third-order valence-electron chi connectivity index (χ3n) is 3.02. The minimum Gasteiger partial charge on any atom is -0.367 e. The summed E-state index contributed by atoms with van der Waals surface area (Å²) < 4.78 is 1.74. The molecule has 2 aromatic heterocycles. The van der Waals surface area contributed by atoms with Gasteiger partial charge in [0.1, 0.15) is 6.33 Å². The summed E-state index contributed by atoms with van der Waals surface area (Å²) in [5, 5.41) is 20.9. The molecule has 0 aromatic carbocycles. The summed E-state index contributed by atoms with van der Waals surface area (Å²) >= 11 is 0. The number of nitro groups is 1. The number of aromatic nitrogens is 4. The van der Waals surface area contributed by atoms with E-state index in [2.05, 4.69) is 25.7 Å². The first-order valence-corrected chi connectivity index (χ1v) is 5.93. The van der Waals surface area contributed by atoms with Crippen LogP contribution in [0, 0.1) is 17.0 Å². The highest BCUT2D eigenvalue weighted by Crippen LogP contribution is 2.28. The monoisotopic (exact) mass is 277 g/mol. The van der Waals surface area contributed by atoms with Gasteiger partial charge in [0.25, 0.3) is 0 Å². The third-order valence-corrected chi connectivity index (χ3v) is 3.02. The van der Waals surface area contributed by atoms with Crippen LogP contribution in [0.15, 0.2) is 12.5 Å². The largest absolute Gasteiger partial charge is 0.367 e. The Labute approximate surface area is 115 Å². The summed E-state index contributed by atoms with van der Waals surface area (Å²) in [5.41, 5.74) is 1.77. The highest BCUT2D eigenvalue weighted by atomic mass is 16.6. The molecule has 0 unspecified atom stereocenters. The summed E-state index contributed by atoms with van der Waals surface area (Å²) in [6.07, 6.45) is 2.99. The average molecular weight is 277 g/mol. The van der Waals surface area contributed by atoms with Crippen LogP contribution in [0.5, 0.6) is 0 Å². The van der Waals surface area contributed by atoms with E-state index in [1.165, 1.54) is 6.33 Å². The van der Waals surface area contributed by atoms with E-state index < -0.39 is 4.92 Å². The van der Waals surface area contributed by atoms with E-state index in [9.17, 15) is 10.1 Å². The summed E-state index contributed by atoms with van der Waals surface area (Å²) in [7, 11) is 3.41. The molecular weight excluding hydrogens is 262 g/mol. The number of hydrogen-bond acceptors (Lipinski definition) is 7. The van der Waals surface area contributed by atoms with E-state index in [0.717, 1.165) is 11.3 Å². The van der Waals surface area contributed by atoms with Crippen molar-refractivity contribution in [1.82, 2.24) is 19.7 Å². The van der Waals surface area contributed by atoms with E-state index in [-0.39, 0.29) is 17.3 Å².